The molecular weight excluding hydrogens is 444 g/mol. The Morgan fingerprint density at radius 1 is 1.12 bits per heavy atom. The highest BCUT2D eigenvalue weighted by atomic mass is 28.4. The molecule has 3 rings (SSSR count). The maximum Gasteiger partial charge on any atom is 0.337 e. The van der Waals surface area contributed by atoms with Gasteiger partial charge in [0.05, 0.1) is 16.9 Å². The Hall–Kier alpha value is -2.59. The van der Waals surface area contributed by atoms with Crippen LogP contribution in [0.4, 0.5) is 5.69 Å². The number of nitro benzene ring substituents is 1. The van der Waals surface area contributed by atoms with Gasteiger partial charge in [0.2, 0.25) is 5.91 Å². The van der Waals surface area contributed by atoms with E-state index in [9.17, 15) is 24.5 Å². The standard InChI is InChI=1S/C23H32N2O7Si/c1-5-33(6-2,7-3)32-13-12-18-19-15(4)21(26)20(24(19)22(18)27)23(28)31-14-16-8-10-17(11-9-16)25(29)30/h8-11,15,18-20H,5-7,12-14H2,1-4H3/t15-,18+,19+,20?/m1/s1. The minimum atomic E-state index is -1.75. The van der Waals surface area contributed by atoms with Crippen LogP contribution < -0.4 is 0 Å². The molecule has 1 aromatic carbocycles. The molecule has 0 bridgehead atoms. The number of hydrogen-bond donors (Lipinski definition) is 0. The molecule has 4 atom stereocenters. The normalized spacial score (nSPS) is 24.4. The summed E-state index contributed by atoms with van der Waals surface area (Å²) in [5, 5.41) is 10.7. The average Bonchev–Trinajstić information content (AvgIpc) is 3.05. The van der Waals surface area contributed by atoms with Crippen molar-refractivity contribution in [2.24, 2.45) is 11.8 Å². The quantitative estimate of drug-likeness (QED) is 0.120. The molecule has 0 spiro atoms. The highest BCUT2D eigenvalue weighted by Gasteiger charge is 2.63. The summed E-state index contributed by atoms with van der Waals surface area (Å²) >= 11 is 0. The van der Waals surface area contributed by atoms with Crippen LogP contribution in [0.1, 0.15) is 39.7 Å². The second-order valence-electron chi connectivity index (χ2n) is 8.85. The van der Waals surface area contributed by atoms with Gasteiger partial charge in [-0.1, -0.05) is 27.7 Å². The van der Waals surface area contributed by atoms with Crippen molar-refractivity contribution in [3.8, 4) is 0 Å². The van der Waals surface area contributed by atoms with Gasteiger partial charge in [-0.3, -0.25) is 19.7 Å². The fourth-order valence-corrected chi connectivity index (χ4v) is 7.63. The van der Waals surface area contributed by atoms with Gasteiger partial charge in [0, 0.05) is 24.7 Å². The lowest BCUT2D eigenvalue weighted by Crippen LogP contribution is -2.63. The van der Waals surface area contributed by atoms with Crippen molar-refractivity contribution >= 4 is 31.7 Å². The maximum atomic E-state index is 12.8. The number of benzene rings is 1. The van der Waals surface area contributed by atoms with Crippen molar-refractivity contribution in [2.75, 3.05) is 6.61 Å². The molecule has 1 unspecified atom stereocenters. The second kappa shape index (κ2) is 10.1. The van der Waals surface area contributed by atoms with E-state index in [1.165, 1.54) is 29.2 Å². The van der Waals surface area contributed by atoms with Crippen molar-refractivity contribution in [1.82, 2.24) is 4.90 Å². The Morgan fingerprint density at radius 2 is 1.73 bits per heavy atom. The first-order valence-electron chi connectivity index (χ1n) is 11.6. The van der Waals surface area contributed by atoms with E-state index < -0.39 is 31.2 Å². The molecule has 2 heterocycles. The molecule has 9 nitrogen and oxygen atoms in total. The predicted molar refractivity (Wildman–Crippen MR) is 123 cm³/mol. The molecule has 2 fully saturated rings. The van der Waals surface area contributed by atoms with Gasteiger partial charge in [-0.15, -0.1) is 0 Å². The SMILES string of the molecule is CC[Si](CC)(CC)OCC[C@@H]1C(=O)N2C(C(=O)OCc3ccc([N+](=O)[O-])cc3)C(=O)[C@H](C)[C@@H]12. The summed E-state index contributed by atoms with van der Waals surface area (Å²) in [6.07, 6.45) is 0.553. The van der Waals surface area contributed by atoms with Crippen LogP contribution in [0.15, 0.2) is 24.3 Å². The largest absolute Gasteiger partial charge is 0.459 e. The summed E-state index contributed by atoms with van der Waals surface area (Å²) in [4.78, 5) is 50.0. The molecule has 0 N–H and O–H groups in total. The van der Waals surface area contributed by atoms with Crippen LogP contribution in [0.2, 0.25) is 18.1 Å². The summed E-state index contributed by atoms with van der Waals surface area (Å²) in [5.74, 6) is -2.01. The van der Waals surface area contributed by atoms with E-state index in [0.717, 1.165) is 18.1 Å². The number of ketones is 1. The number of fused-ring (bicyclic) bond motifs is 1. The average molecular weight is 477 g/mol. The number of nitro groups is 1. The number of amides is 1. The van der Waals surface area contributed by atoms with Crippen molar-refractivity contribution in [3.05, 3.63) is 39.9 Å². The summed E-state index contributed by atoms with van der Waals surface area (Å²) in [6, 6.07) is 7.20. The Balaban J connectivity index is 1.59. The Kier molecular flexibility index (Phi) is 7.68. The Bertz CT molecular complexity index is 908. The zero-order valence-corrected chi connectivity index (χ0v) is 20.6. The van der Waals surface area contributed by atoms with Crippen LogP contribution in [-0.4, -0.2) is 54.5 Å². The molecule has 0 aromatic heterocycles. The molecule has 0 radical (unpaired) electrons. The van der Waals surface area contributed by atoms with E-state index in [2.05, 4.69) is 20.8 Å². The number of Topliss-reactive ketones (excluding diaryl/α,β-unsaturated/α-hetero) is 1. The number of non-ortho nitro benzene ring substituents is 1. The van der Waals surface area contributed by atoms with Gasteiger partial charge in [-0.2, -0.15) is 0 Å². The lowest BCUT2D eigenvalue weighted by atomic mass is 9.81. The molecular formula is C23H32N2O7Si. The van der Waals surface area contributed by atoms with Crippen LogP contribution >= 0.6 is 0 Å². The molecule has 1 amide bonds. The van der Waals surface area contributed by atoms with E-state index in [-0.39, 0.29) is 35.9 Å². The number of carbonyl (C=O) groups is 3. The second-order valence-corrected chi connectivity index (χ2v) is 13.6. The minimum Gasteiger partial charge on any atom is -0.459 e. The lowest BCUT2D eigenvalue weighted by Gasteiger charge is -2.45. The highest BCUT2D eigenvalue weighted by Crippen LogP contribution is 2.43. The van der Waals surface area contributed by atoms with E-state index in [0.29, 0.717) is 18.6 Å². The van der Waals surface area contributed by atoms with Crippen molar-refractivity contribution in [2.45, 2.75) is 70.9 Å². The Labute approximate surface area is 194 Å². The van der Waals surface area contributed by atoms with Gasteiger partial charge in [-0.25, -0.2) is 4.79 Å². The number of ether oxygens (including phenoxy) is 1. The molecule has 0 saturated carbocycles. The Morgan fingerprint density at radius 3 is 2.27 bits per heavy atom. The van der Waals surface area contributed by atoms with E-state index in [1.54, 1.807) is 6.92 Å². The topological polar surface area (TPSA) is 116 Å². The van der Waals surface area contributed by atoms with Gasteiger partial charge in [0.1, 0.15) is 6.61 Å². The molecule has 0 aliphatic carbocycles. The molecule has 33 heavy (non-hydrogen) atoms. The molecule has 2 aliphatic heterocycles. The molecule has 1 aromatic rings. The van der Waals surface area contributed by atoms with E-state index in [1.807, 2.05) is 0 Å². The van der Waals surface area contributed by atoms with Crippen molar-refractivity contribution in [3.63, 3.8) is 0 Å². The fraction of sp³-hybridized carbons (Fsp3) is 0.609. The summed E-state index contributed by atoms with van der Waals surface area (Å²) in [5.41, 5.74) is 0.495. The number of nitrogens with zero attached hydrogens (tertiary/aromatic N) is 2. The number of rotatable bonds is 11. The first kappa shape index (κ1) is 25.0. The number of β-lactam (4-membered cyclic amide) rings is 1. The van der Waals surface area contributed by atoms with Crippen LogP contribution in [0.5, 0.6) is 0 Å². The lowest BCUT2D eigenvalue weighted by molar-refractivity contribution is -0.384. The first-order valence-corrected chi connectivity index (χ1v) is 14.1. The van der Waals surface area contributed by atoms with Gasteiger partial charge < -0.3 is 14.1 Å². The molecule has 2 saturated heterocycles. The van der Waals surface area contributed by atoms with E-state index in [4.69, 9.17) is 9.16 Å². The smallest absolute Gasteiger partial charge is 0.337 e. The monoisotopic (exact) mass is 476 g/mol. The number of esters is 1. The molecule has 180 valence electrons. The fourth-order valence-electron chi connectivity index (χ4n) is 4.97. The summed E-state index contributed by atoms with van der Waals surface area (Å²) in [6.45, 7) is 8.59. The predicted octanol–water partition coefficient (Wildman–Crippen LogP) is 3.46. The maximum absolute atomic E-state index is 12.8. The van der Waals surface area contributed by atoms with Crippen LogP contribution in [0.3, 0.4) is 0 Å². The highest BCUT2D eigenvalue weighted by molar-refractivity contribution is 6.73. The third-order valence-corrected chi connectivity index (χ3v) is 12.0. The van der Waals surface area contributed by atoms with Gasteiger partial charge in [0.25, 0.3) is 5.69 Å². The van der Waals surface area contributed by atoms with Crippen molar-refractivity contribution < 1.29 is 28.5 Å². The van der Waals surface area contributed by atoms with Crippen LogP contribution in [0.25, 0.3) is 0 Å². The first-order chi connectivity index (χ1) is 15.7. The van der Waals surface area contributed by atoms with Gasteiger partial charge in [0.15, 0.2) is 20.1 Å². The van der Waals surface area contributed by atoms with Crippen LogP contribution in [0, 0.1) is 22.0 Å². The van der Waals surface area contributed by atoms with E-state index >= 15 is 0 Å². The number of hydrogen-bond acceptors (Lipinski definition) is 7. The number of carbonyl (C=O) groups excluding carboxylic acids is 3. The summed E-state index contributed by atoms with van der Waals surface area (Å²) in [7, 11) is -1.75. The third kappa shape index (κ3) is 4.72. The molecule has 2 aliphatic rings. The minimum absolute atomic E-state index is 0.0642. The zero-order chi connectivity index (χ0) is 24.3. The summed E-state index contributed by atoms with van der Waals surface area (Å²) < 4.78 is 11.6. The van der Waals surface area contributed by atoms with Crippen LogP contribution in [-0.2, 0) is 30.2 Å². The van der Waals surface area contributed by atoms with Gasteiger partial charge in [-0.05, 0) is 42.2 Å². The molecule has 10 heteroatoms. The van der Waals surface area contributed by atoms with Crippen molar-refractivity contribution in [1.29, 1.82) is 0 Å². The third-order valence-electron chi connectivity index (χ3n) is 7.34. The zero-order valence-electron chi connectivity index (χ0n) is 19.6. The van der Waals surface area contributed by atoms with Gasteiger partial charge >= 0.3 is 5.97 Å².